The van der Waals surface area contributed by atoms with Gasteiger partial charge in [0.15, 0.2) is 12.4 Å². The van der Waals surface area contributed by atoms with Crippen LogP contribution in [0.2, 0.25) is 0 Å². The molecular formula is C22H23N3O4. The smallest absolute Gasteiger partial charge is 0.340 e. The van der Waals surface area contributed by atoms with E-state index < -0.39 is 5.97 Å². The number of ether oxygens (including phenoxy) is 1. The lowest BCUT2D eigenvalue weighted by atomic mass is 9.96. The molecule has 0 aliphatic rings. The first-order valence-corrected chi connectivity index (χ1v) is 9.21. The van der Waals surface area contributed by atoms with Crippen LogP contribution < -0.4 is 5.32 Å². The van der Waals surface area contributed by atoms with E-state index in [9.17, 15) is 9.59 Å². The van der Waals surface area contributed by atoms with Crippen molar-refractivity contribution in [3.05, 3.63) is 76.9 Å². The molecule has 0 saturated carbocycles. The first-order valence-electron chi connectivity index (χ1n) is 9.21. The molecule has 0 aliphatic heterocycles. The van der Waals surface area contributed by atoms with Gasteiger partial charge in [0.1, 0.15) is 0 Å². The van der Waals surface area contributed by atoms with Gasteiger partial charge in [-0.05, 0) is 31.2 Å². The van der Waals surface area contributed by atoms with E-state index in [4.69, 9.17) is 9.26 Å². The van der Waals surface area contributed by atoms with E-state index in [1.165, 1.54) is 0 Å². The molecule has 0 radical (unpaired) electrons. The van der Waals surface area contributed by atoms with Crippen molar-refractivity contribution in [3.8, 4) is 0 Å². The third-order valence-corrected chi connectivity index (χ3v) is 4.14. The van der Waals surface area contributed by atoms with Gasteiger partial charge < -0.3 is 14.6 Å². The molecule has 0 unspecified atom stereocenters. The number of benzene rings is 2. The van der Waals surface area contributed by atoms with Crippen molar-refractivity contribution in [2.75, 3.05) is 5.32 Å². The van der Waals surface area contributed by atoms with Crippen LogP contribution in [0.5, 0.6) is 0 Å². The van der Waals surface area contributed by atoms with Gasteiger partial charge in [-0.2, -0.15) is 4.98 Å². The fourth-order valence-corrected chi connectivity index (χ4v) is 2.57. The highest BCUT2D eigenvalue weighted by molar-refractivity contribution is 6.08. The summed E-state index contributed by atoms with van der Waals surface area (Å²) in [7, 11) is 0. The number of carbonyl (C=O) groups excluding carboxylic acids is 2. The molecule has 0 atom stereocenters. The SMILES string of the molecule is Cc1cccc(C(=O)Nc2ccccc2C(=O)OCc2nc(C(C)(C)C)no2)c1. The maximum absolute atomic E-state index is 12.6. The Morgan fingerprint density at radius 3 is 2.55 bits per heavy atom. The molecule has 0 spiro atoms. The summed E-state index contributed by atoms with van der Waals surface area (Å²) in [5.74, 6) is -0.153. The Kier molecular flexibility index (Phi) is 5.77. The highest BCUT2D eigenvalue weighted by Gasteiger charge is 2.22. The maximum Gasteiger partial charge on any atom is 0.340 e. The van der Waals surface area contributed by atoms with Crippen molar-refractivity contribution < 1.29 is 18.8 Å². The Morgan fingerprint density at radius 1 is 1.10 bits per heavy atom. The van der Waals surface area contributed by atoms with Crippen molar-refractivity contribution in [2.24, 2.45) is 0 Å². The molecular weight excluding hydrogens is 370 g/mol. The minimum Gasteiger partial charge on any atom is -0.452 e. The highest BCUT2D eigenvalue weighted by Crippen LogP contribution is 2.20. The molecule has 0 bridgehead atoms. The van der Waals surface area contributed by atoms with Gasteiger partial charge in [0, 0.05) is 11.0 Å². The van der Waals surface area contributed by atoms with Crippen LogP contribution in [0.15, 0.2) is 53.1 Å². The largest absolute Gasteiger partial charge is 0.452 e. The predicted molar refractivity (Wildman–Crippen MR) is 108 cm³/mol. The van der Waals surface area contributed by atoms with Gasteiger partial charge in [0.05, 0.1) is 11.3 Å². The molecule has 1 aromatic heterocycles. The number of esters is 1. The van der Waals surface area contributed by atoms with Crippen LogP contribution in [-0.2, 0) is 16.8 Å². The molecule has 3 rings (SSSR count). The highest BCUT2D eigenvalue weighted by atomic mass is 16.6. The van der Waals surface area contributed by atoms with Gasteiger partial charge >= 0.3 is 5.97 Å². The van der Waals surface area contributed by atoms with E-state index in [1.54, 1.807) is 42.5 Å². The second-order valence-corrected chi connectivity index (χ2v) is 7.71. The van der Waals surface area contributed by atoms with Crippen LogP contribution in [0.3, 0.4) is 0 Å². The van der Waals surface area contributed by atoms with Gasteiger partial charge in [-0.1, -0.05) is 55.8 Å². The van der Waals surface area contributed by atoms with Crippen LogP contribution in [0.4, 0.5) is 5.69 Å². The number of carbonyl (C=O) groups is 2. The van der Waals surface area contributed by atoms with Gasteiger partial charge in [-0.25, -0.2) is 4.79 Å². The second-order valence-electron chi connectivity index (χ2n) is 7.71. The lowest BCUT2D eigenvalue weighted by molar-refractivity contribution is 0.0431. The van der Waals surface area contributed by atoms with Crippen molar-refractivity contribution in [1.82, 2.24) is 10.1 Å². The minimum atomic E-state index is -0.597. The monoisotopic (exact) mass is 393 g/mol. The average Bonchev–Trinajstić information content (AvgIpc) is 3.16. The fourth-order valence-electron chi connectivity index (χ4n) is 2.57. The number of anilines is 1. The number of hydrogen-bond acceptors (Lipinski definition) is 6. The Balaban J connectivity index is 1.70. The fraction of sp³-hybridized carbons (Fsp3) is 0.273. The van der Waals surface area contributed by atoms with E-state index in [2.05, 4.69) is 15.5 Å². The summed E-state index contributed by atoms with van der Waals surface area (Å²) >= 11 is 0. The molecule has 0 saturated heterocycles. The predicted octanol–water partition coefficient (Wildman–Crippen LogP) is 4.28. The molecule has 1 heterocycles. The number of aryl methyl sites for hydroxylation is 1. The van der Waals surface area contributed by atoms with Gasteiger partial charge in [0.25, 0.3) is 11.8 Å². The third kappa shape index (κ3) is 5.07. The van der Waals surface area contributed by atoms with Crippen LogP contribution in [-0.4, -0.2) is 22.0 Å². The van der Waals surface area contributed by atoms with Crippen LogP contribution in [0.25, 0.3) is 0 Å². The Morgan fingerprint density at radius 2 is 1.86 bits per heavy atom. The molecule has 7 nitrogen and oxygen atoms in total. The quantitative estimate of drug-likeness (QED) is 0.650. The number of nitrogens with one attached hydrogen (secondary N) is 1. The summed E-state index contributed by atoms with van der Waals surface area (Å²) in [5.41, 5.74) is 1.82. The maximum atomic E-state index is 12.6. The molecule has 0 aliphatic carbocycles. The van der Waals surface area contributed by atoms with Crippen molar-refractivity contribution >= 4 is 17.6 Å². The molecule has 2 aromatic carbocycles. The summed E-state index contributed by atoms with van der Waals surface area (Å²) in [6.45, 7) is 7.63. The zero-order valence-corrected chi connectivity index (χ0v) is 16.9. The van der Waals surface area contributed by atoms with E-state index in [1.807, 2.05) is 33.8 Å². The number of para-hydroxylation sites is 1. The number of hydrogen-bond donors (Lipinski definition) is 1. The number of aromatic nitrogens is 2. The zero-order chi connectivity index (χ0) is 21.0. The van der Waals surface area contributed by atoms with Crippen molar-refractivity contribution in [1.29, 1.82) is 0 Å². The summed E-state index contributed by atoms with van der Waals surface area (Å²) < 4.78 is 10.4. The van der Waals surface area contributed by atoms with Gasteiger partial charge in [0.2, 0.25) is 0 Å². The van der Waals surface area contributed by atoms with Crippen LogP contribution in [0, 0.1) is 6.92 Å². The van der Waals surface area contributed by atoms with E-state index in [0.717, 1.165) is 5.56 Å². The number of amides is 1. The first kappa shape index (κ1) is 20.3. The topological polar surface area (TPSA) is 94.3 Å². The summed E-state index contributed by atoms with van der Waals surface area (Å²) in [4.78, 5) is 29.3. The number of rotatable bonds is 5. The van der Waals surface area contributed by atoms with Gasteiger partial charge in [-0.15, -0.1) is 0 Å². The first-order chi connectivity index (χ1) is 13.7. The lowest BCUT2D eigenvalue weighted by Crippen LogP contribution is -2.16. The van der Waals surface area contributed by atoms with Crippen LogP contribution >= 0.6 is 0 Å². The van der Waals surface area contributed by atoms with E-state index in [-0.39, 0.29) is 29.4 Å². The van der Waals surface area contributed by atoms with E-state index in [0.29, 0.717) is 17.1 Å². The Hall–Kier alpha value is -3.48. The van der Waals surface area contributed by atoms with E-state index >= 15 is 0 Å². The Bertz CT molecular complexity index is 1030. The number of nitrogens with zero attached hydrogens (tertiary/aromatic N) is 2. The summed E-state index contributed by atoms with van der Waals surface area (Å²) in [6, 6.07) is 13.9. The summed E-state index contributed by atoms with van der Waals surface area (Å²) in [6.07, 6.45) is 0. The molecule has 3 aromatic rings. The zero-order valence-electron chi connectivity index (χ0n) is 16.9. The van der Waals surface area contributed by atoms with Gasteiger partial charge in [-0.3, -0.25) is 4.79 Å². The summed E-state index contributed by atoms with van der Waals surface area (Å²) in [5, 5.41) is 6.67. The van der Waals surface area contributed by atoms with Crippen LogP contribution in [0.1, 0.15) is 58.8 Å². The standard InChI is InChI=1S/C22H23N3O4/c1-14-8-7-9-15(12-14)19(26)23-17-11-6-5-10-16(17)20(27)28-13-18-24-21(25-29-18)22(2,3)4/h5-12H,13H2,1-4H3,(H,23,26). The third-order valence-electron chi connectivity index (χ3n) is 4.14. The lowest BCUT2D eigenvalue weighted by Gasteiger charge is -2.11. The molecule has 1 N–H and O–H groups in total. The molecule has 0 fully saturated rings. The average molecular weight is 393 g/mol. The molecule has 150 valence electrons. The molecule has 1 amide bonds. The molecule has 29 heavy (non-hydrogen) atoms. The van der Waals surface area contributed by atoms with Crippen molar-refractivity contribution in [3.63, 3.8) is 0 Å². The normalized spacial score (nSPS) is 11.2. The second kappa shape index (κ2) is 8.26. The minimum absolute atomic E-state index is 0.151. The molecule has 7 heteroatoms. The Labute approximate surface area is 169 Å². The van der Waals surface area contributed by atoms with Crippen molar-refractivity contribution in [2.45, 2.75) is 39.7 Å².